The summed E-state index contributed by atoms with van der Waals surface area (Å²) in [7, 11) is 0. The molecule has 0 saturated carbocycles. The van der Waals surface area contributed by atoms with Crippen LogP contribution in [0.3, 0.4) is 0 Å². The Kier molecular flexibility index (Phi) is 8.23. The Morgan fingerprint density at radius 1 is 1.12 bits per heavy atom. The van der Waals surface area contributed by atoms with Gasteiger partial charge in [0.25, 0.3) is 0 Å². The molecule has 0 aromatic heterocycles. The first-order valence-corrected chi connectivity index (χ1v) is 12.2. The second kappa shape index (κ2) is 10.9. The summed E-state index contributed by atoms with van der Waals surface area (Å²) in [5, 5.41) is 0.409. The number of aliphatic imine (C=N–C) groups is 1. The van der Waals surface area contributed by atoms with Crippen LogP contribution in [-0.4, -0.2) is 47.0 Å². The average Bonchev–Trinajstić information content (AvgIpc) is 3.09. The van der Waals surface area contributed by atoms with Crippen LogP contribution in [0.25, 0.3) is 0 Å². The summed E-state index contributed by atoms with van der Waals surface area (Å²) in [4.78, 5) is 32.4. The number of esters is 1. The molecule has 1 amide bonds. The fourth-order valence-corrected chi connectivity index (χ4v) is 4.92. The Bertz CT molecular complexity index is 927. The van der Waals surface area contributed by atoms with E-state index in [1.165, 1.54) is 11.8 Å². The first kappa shape index (κ1) is 24.2. The van der Waals surface area contributed by atoms with Crippen LogP contribution in [0, 0.1) is 0 Å². The van der Waals surface area contributed by atoms with Gasteiger partial charge >= 0.3 is 5.97 Å². The summed E-state index contributed by atoms with van der Waals surface area (Å²) in [6.07, 6.45) is 2.67. The van der Waals surface area contributed by atoms with E-state index in [0.717, 1.165) is 18.4 Å². The van der Waals surface area contributed by atoms with Gasteiger partial charge in [0.05, 0.1) is 42.4 Å². The number of carbonyl (C=O) groups excluding carboxylic acids is 2. The average molecular weight is 461 g/mol. The number of amides is 1. The molecule has 7 nitrogen and oxygen atoms in total. The van der Waals surface area contributed by atoms with Gasteiger partial charge in [-0.1, -0.05) is 38.1 Å². The third-order valence-corrected chi connectivity index (χ3v) is 6.67. The van der Waals surface area contributed by atoms with Crippen molar-refractivity contribution in [1.82, 2.24) is 4.90 Å². The summed E-state index contributed by atoms with van der Waals surface area (Å²) in [6, 6.07) is 4.98. The third kappa shape index (κ3) is 4.80. The predicted octanol–water partition coefficient (Wildman–Crippen LogP) is 4.87. The Hall–Kier alpha value is -2.48. The molecule has 1 saturated heterocycles. The number of rotatable bonds is 10. The first-order chi connectivity index (χ1) is 15.5. The number of thioether (sulfide) groups is 1. The second-order valence-corrected chi connectivity index (χ2v) is 8.75. The molecular weight excluding hydrogens is 428 g/mol. The number of benzene rings is 1. The van der Waals surface area contributed by atoms with E-state index in [1.807, 2.05) is 32.0 Å². The number of nitrogens with zero attached hydrogens (tertiary/aromatic N) is 2. The van der Waals surface area contributed by atoms with Crippen molar-refractivity contribution < 1.29 is 23.8 Å². The lowest BCUT2D eigenvalue weighted by molar-refractivity contribution is -0.139. The predicted molar refractivity (Wildman–Crippen MR) is 126 cm³/mol. The lowest BCUT2D eigenvalue weighted by Crippen LogP contribution is -2.40. The Labute approximate surface area is 194 Å². The summed E-state index contributed by atoms with van der Waals surface area (Å²) < 4.78 is 17.1. The Balaban J connectivity index is 2.08. The maximum Gasteiger partial charge on any atom is 0.338 e. The number of amidine groups is 1. The maximum atomic E-state index is 13.2. The van der Waals surface area contributed by atoms with Gasteiger partial charge in [-0.25, -0.2) is 9.79 Å². The topological polar surface area (TPSA) is 77.4 Å². The van der Waals surface area contributed by atoms with Crippen LogP contribution in [0.1, 0.15) is 65.5 Å². The van der Waals surface area contributed by atoms with E-state index in [2.05, 4.69) is 11.9 Å². The van der Waals surface area contributed by atoms with Crippen LogP contribution < -0.4 is 9.47 Å². The van der Waals surface area contributed by atoms with Gasteiger partial charge in [0, 0.05) is 0 Å². The van der Waals surface area contributed by atoms with Crippen molar-refractivity contribution in [3.63, 3.8) is 0 Å². The Morgan fingerprint density at radius 3 is 2.56 bits per heavy atom. The molecule has 32 heavy (non-hydrogen) atoms. The molecule has 0 radical (unpaired) electrons. The van der Waals surface area contributed by atoms with Crippen molar-refractivity contribution in [3.05, 3.63) is 35.0 Å². The quantitative estimate of drug-likeness (QED) is 0.366. The molecular formula is C24H32N2O5S. The Morgan fingerprint density at radius 2 is 1.91 bits per heavy atom. The van der Waals surface area contributed by atoms with Gasteiger partial charge < -0.3 is 14.2 Å². The van der Waals surface area contributed by atoms with Crippen molar-refractivity contribution in [3.8, 4) is 11.5 Å². The van der Waals surface area contributed by atoms with Crippen molar-refractivity contribution in [2.75, 3.05) is 19.8 Å². The molecule has 0 N–H and O–H groups in total. The molecule has 2 aliphatic rings. The summed E-state index contributed by atoms with van der Waals surface area (Å²) in [5.41, 5.74) is 1.71. The molecule has 1 fully saturated rings. The number of carbonyl (C=O) groups is 2. The van der Waals surface area contributed by atoms with E-state index in [9.17, 15) is 9.59 Å². The van der Waals surface area contributed by atoms with Crippen LogP contribution in [0.15, 0.2) is 34.5 Å². The molecule has 2 aliphatic heterocycles. The molecule has 8 heteroatoms. The zero-order valence-corrected chi connectivity index (χ0v) is 20.3. The van der Waals surface area contributed by atoms with E-state index in [4.69, 9.17) is 14.2 Å². The highest BCUT2D eigenvalue weighted by molar-refractivity contribution is 8.15. The van der Waals surface area contributed by atoms with Gasteiger partial charge in [0.1, 0.15) is 0 Å². The van der Waals surface area contributed by atoms with Gasteiger partial charge in [0.2, 0.25) is 5.91 Å². The van der Waals surface area contributed by atoms with Crippen LogP contribution in [0.4, 0.5) is 0 Å². The molecule has 0 aliphatic carbocycles. The third-order valence-electron chi connectivity index (χ3n) is 5.36. The summed E-state index contributed by atoms with van der Waals surface area (Å²) in [5.74, 6) is 0.742. The SMILES string of the molecule is CCCCOc1ccc(C2C(C(=O)OCC)=C(C)N=C3SC(CC)C(=O)N32)cc1OCC. The minimum Gasteiger partial charge on any atom is -0.490 e. The summed E-state index contributed by atoms with van der Waals surface area (Å²) >= 11 is 1.45. The zero-order chi connectivity index (χ0) is 23.3. The van der Waals surface area contributed by atoms with Gasteiger partial charge in [-0.15, -0.1) is 0 Å². The van der Waals surface area contributed by atoms with Crippen molar-refractivity contribution >= 4 is 28.8 Å². The van der Waals surface area contributed by atoms with Crippen molar-refractivity contribution in [1.29, 1.82) is 0 Å². The number of allylic oxidation sites excluding steroid dienone is 1. The summed E-state index contributed by atoms with van der Waals surface area (Å²) in [6.45, 7) is 10.9. The lowest BCUT2D eigenvalue weighted by atomic mass is 9.93. The van der Waals surface area contributed by atoms with E-state index < -0.39 is 12.0 Å². The van der Waals surface area contributed by atoms with Gasteiger partial charge in [0.15, 0.2) is 16.7 Å². The zero-order valence-electron chi connectivity index (χ0n) is 19.5. The monoisotopic (exact) mass is 460 g/mol. The molecule has 0 bridgehead atoms. The lowest BCUT2D eigenvalue weighted by Gasteiger charge is -2.33. The highest BCUT2D eigenvalue weighted by Gasteiger charge is 2.47. The highest BCUT2D eigenvalue weighted by Crippen LogP contribution is 2.45. The molecule has 1 aromatic rings. The molecule has 2 unspecified atom stereocenters. The minimum absolute atomic E-state index is 0.0446. The number of hydrogen-bond acceptors (Lipinski definition) is 7. The van der Waals surface area contributed by atoms with Crippen LogP contribution in [0.5, 0.6) is 11.5 Å². The van der Waals surface area contributed by atoms with Crippen LogP contribution in [-0.2, 0) is 14.3 Å². The number of hydrogen-bond donors (Lipinski definition) is 0. The van der Waals surface area contributed by atoms with Gasteiger partial charge in [-0.05, 0) is 51.3 Å². The van der Waals surface area contributed by atoms with E-state index in [1.54, 1.807) is 18.7 Å². The number of unbranched alkanes of at least 4 members (excludes halogenated alkanes) is 1. The van der Waals surface area contributed by atoms with Crippen LogP contribution >= 0.6 is 11.8 Å². The molecule has 3 rings (SSSR count). The van der Waals surface area contributed by atoms with Crippen molar-refractivity contribution in [2.24, 2.45) is 4.99 Å². The molecule has 2 atom stereocenters. The minimum atomic E-state index is -0.623. The largest absolute Gasteiger partial charge is 0.490 e. The van der Waals surface area contributed by atoms with E-state index in [-0.39, 0.29) is 17.8 Å². The van der Waals surface area contributed by atoms with E-state index in [0.29, 0.717) is 47.6 Å². The van der Waals surface area contributed by atoms with Crippen LogP contribution in [0.2, 0.25) is 0 Å². The normalized spacial score (nSPS) is 20.2. The standard InChI is InChI=1S/C24H32N2O5S/c1-6-10-13-31-17-12-11-16(14-18(17)29-8-3)21-20(23(28)30-9-4)15(5)25-24-26(21)22(27)19(7-2)32-24/h11-12,14,19,21H,6-10,13H2,1-5H3. The number of ether oxygens (including phenoxy) is 3. The smallest absolute Gasteiger partial charge is 0.338 e. The number of fused-ring (bicyclic) bond motifs is 1. The van der Waals surface area contributed by atoms with E-state index >= 15 is 0 Å². The molecule has 2 heterocycles. The fraction of sp³-hybridized carbons (Fsp3) is 0.542. The highest BCUT2D eigenvalue weighted by atomic mass is 32.2. The molecule has 174 valence electrons. The maximum absolute atomic E-state index is 13.2. The molecule has 1 aromatic carbocycles. The van der Waals surface area contributed by atoms with Crippen molar-refractivity contribution in [2.45, 2.75) is 65.2 Å². The first-order valence-electron chi connectivity index (χ1n) is 11.3. The van der Waals surface area contributed by atoms with Gasteiger partial charge in [-0.3, -0.25) is 9.69 Å². The second-order valence-electron chi connectivity index (χ2n) is 7.58. The molecule has 0 spiro atoms. The fourth-order valence-electron chi connectivity index (χ4n) is 3.78. The van der Waals surface area contributed by atoms with Gasteiger partial charge in [-0.2, -0.15) is 0 Å².